The SMILES string of the molecule is COc1cccc(-c2ccc3nnc(SCC(=O)c4ccc(Cl)cc4)n3n2)c1. The van der Waals surface area contributed by atoms with Crippen molar-refractivity contribution in [2.24, 2.45) is 0 Å². The van der Waals surface area contributed by atoms with Crippen molar-refractivity contribution in [1.82, 2.24) is 19.8 Å². The molecule has 28 heavy (non-hydrogen) atoms. The van der Waals surface area contributed by atoms with Crippen molar-refractivity contribution >= 4 is 34.8 Å². The minimum atomic E-state index is -0.0117. The average molecular weight is 411 g/mol. The Bertz CT molecular complexity index is 1140. The van der Waals surface area contributed by atoms with E-state index in [2.05, 4.69) is 15.3 Å². The fourth-order valence-electron chi connectivity index (χ4n) is 2.64. The minimum Gasteiger partial charge on any atom is -0.497 e. The zero-order valence-corrected chi connectivity index (χ0v) is 16.4. The summed E-state index contributed by atoms with van der Waals surface area (Å²) in [5.41, 5.74) is 2.91. The monoisotopic (exact) mass is 410 g/mol. The quantitative estimate of drug-likeness (QED) is 0.346. The third kappa shape index (κ3) is 3.85. The second-order valence-electron chi connectivity index (χ2n) is 5.92. The molecule has 2 aromatic heterocycles. The molecule has 0 aliphatic carbocycles. The summed E-state index contributed by atoms with van der Waals surface area (Å²) in [7, 11) is 1.63. The van der Waals surface area contributed by atoms with E-state index in [4.69, 9.17) is 16.3 Å². The highest BCUT2D eigenvalue weighted by atomic mass is 35.5. The van der Waals surface area contributed by atoms with E-state index in [0.29, 0.717) is 21.4 Å². The molecule has 0 bridgehead atoms. The summed E-state index contributed by atoms with van der Waals surface area (Å²) in [5.74, 6) is 0.974. The Hall–Kier alpha value is -2.90. The number of ether oxygens (including phenoxy) is 1. The molecule has 2 heterocycles. The second-order valence-corrected chi connectivity index (χ2v) is 7.30. The van der Waals surface area contributed by atoms with Crippen LogP contribution in [0.3, 0.4) is 0 Å². The van der Waals surface area contributed by atoms with Crippen molar-refractivity contribution in [3.63, 3.8) is 0 Å². The Morgan fingerprint density at radius 1 is 1.11 bits per heavy atom. The maximum absolute atomic E-state index is 12.4. The Morgan fingerprint density at radius 2 is 1.93 bits per heavy atom. The first-order chi connectivity index (χ1) is 13.6. The summed E-state index contributed by atoms with van der Waals surface area (Å²) in [6.07, 6.45) is 0. The number of halogens is 1. The third-order valence-electron chi connectivity index (χ3n) is 4.10. The van der Waals surface area contributed by atoms with Gasteiger partial charge in [0, 0.05) is 16.1 Å². The van der Waals surface area contributed by atoms with E-state index in [1.165, 1.54) is 11.8 Å². The average Bonchev–Trinajstić information content (AvgIpc) is 3.15. The summed E-state index contributed by atoms with van der Waals surface area (Å²) >= 11 is 7.17. The van der Waals surface area contributed by atoms with Crippen molar-refractivity contribution in [3.05, 3.63) is 71.2 Å². The smallest absolute Gasteiger partial charge is 0.212 e. The number of ketones is 1. The van der Waals surface area contributed by atoms with E-state index < -0.39 is 0 Å². The molecule has 2 aromatic carbocycles. The molecule has 0 saturated heterocycles. The topological polar surface area (TPSA) is 69.4 Å². The first kappa shape index (κ1) is 18.5. The van der Waals surface area contributed by atoms with Gasteiger partial charge in [-0.3, -0.25) is 4.79 Å². The molecule has 0 fully saturated rings. The Kier molecular flexibility index (Phi) is 5.27. The normalized spacial score (nSPS) is 10.9. The summed E-state index contributed by atoms with van der Waals surface area (Å²) in [4.78, 5) is 12.4. The fourth-order valence-corrected chi connectivity index (χ4v) is 3.55. The molecule has 8 heteroatoms. The summed E-state index contributed by atoms with van der Waals surface area (Å²) < 4.78 is 6.93. The summed E-state index contributed by atoms with van der Waals surface area (Å²) in [5, 5.41) is 14.1. The van der Waals surface area contributed by atoms with Crippen LogP contribution in [-0.2, 0) is 0 Å². The van der Waals surface area contributed by atoms with Crippen LogP contribution in [0.2, 0.25) is 5.02 Å². The van der Waals surface area contributed by atoms with Gasteiger partial charge in [0.1, 0.15) is 5.75 Å². The molecule has 6 nitrogen and oxygen atoms in total. The molecule has 140 valence electrons. The molecule has 0 amide bonds. The van der Waals surface area contributed by atoms with Crippen LogP contribution >= 0.6 is 23.4 Å². The van der Waals surface area contributed by atoms with E-state index in [0.717, 1.165) is 17.0 Å². The predicted octanol–water partition coefficient (Wildman–Crippen LogP) is 4.43. The minimum absolute atomic E-state index is 0.0117. The van der Waals surface area contributed by atoms with E-state index in [9.17, 15) is 4.79 Å². The Labute approximate surface area is 170 Å². The van der Waals surface area contributed by atoms with E-state index in [1.807, 2.05) is 36.4 Å². The number of aromatic nitrogens is 4. The van der Waals surface area contributed by atoms with Crippen LogP contribution in [0.25, 0.3) is 16.9 Å². The van der Waals surface area contributed by atoms with Crippen LogP contribution in [0.15, 0.2) is 65.8 Å². The van der Waals surface area contributed by atoms with E-state index in [1.54, 1.807) is 35.9 Å². The maximum Gasteiger partial charge on any atom is 0.212 e. The van der Waals surface area contributed by atoms with Crippen molar-refractivity contribution in [2.75, 3.05) is 12.9 Å². The zero-order valence-electron chi connectivity index (χ0n) is 14.9. The van der Waals surface area contributed by atoms with Gasteiger partial charge < -0.3 is 4.74 Å². The Morgan fingerprint density at radius 3 is 2.71 bits per heavy atom. The second kappa shape index (κ2) is 8.00. The number of carbonyl (C=O) groups excluding carboxylic acids is 1. The van der Waals surface area contributed by atoms with Gasteiger partial charge in [-0.05, 0) is 48.5 Å². The lowest BCUT2D eigenvalue weighted by molar-refractivity contribution is 0.102. The fraction of sp³-hybridized carbons (Fsp3) is 0.100. The molecule has 0 saturated carbocycles. The third-order valence-corrected chi connectivity index (χ3v) is 5.27. The predicted molar refractivity (Wildman–Crippen MR) is 109 cm³/mol. The standard InChI is InChI=1S/C20H15ClN4O2S/c1-27-16-4-2-3-14(11-16)17-9-10-19-22-23-20(25(19)24-17)28-12-18(26)13-5-7-15(21)8-6-13/h2-11H,12H2,1H3. The van der Waals surface area contributed by atoms with Crippen LogP contribution in [0, 0.1) is 0 Å². The molecule has 0 atom stereocenters. The number of fused-ring (bicyclic) bond motifs is 1. The highest BCUT2D eigenvalue weighted by Gasteiger charge is 2.13. The number of methoxy groups -OCH3 is 1. The van der Waals surface area contributed by atoms with Crippen molar-refractivity contribution in [3.8, 4) is 17.0 Å². The number of nitrogens with zero attached hydrogens (tertiary/aromatic N) is 4. The van der Waals surface area contributed by atoms with Gasteiger partial charge in [-0.25, -0.2) is 0 Å². The summed E-state index contributed by atoms with van der Waals surface area (Å²) in [6.45, 7) is 0. The highest BCUT2D eigenvalue weighted by molar-refractivity contribution is 7.99. The number of benzene rings is 2. The zero-order chi connectivity index (χ0) is 19.5. The Balaban J connectivity index is 1.57. The van der Waals surface area contributed by atoms with Gasteiger partial charge in [-0.15, -0.1) is 10.2 Å². The number of Topliss-reactive ketones (excluding diaryl/α,β-unsaturated/α-hetero) is 1. The molecule has 4 rings (SSSR count). The molecule has 0 aliphatic rings. The lowest BCUT2D eigenvalue weighted by atomic mass is 10.1. The molecule has 0 N–H and O–H groups in total. The number of hydrogen-bond donors (Lipinski definition) is 0. The van der Waals surface area contributed by atoms with Gasteiger partial charge in [0.15, 0.2) is 11.4 Å². The molecular weight excluding hydrogens is 396 g/mol. The van der Waals surface area contributed by atoms with Gasteiger partial charge in [0.2, 0.25) is 5.16 Å². The summed E-state index contributed by atoms with van der Waals surface area (Å²) in [6, 6.07) is 18.2. The maximum atomic E-state index is 12.4. The molecule has 4 aromatic rings. The molecule has 0 unspecified atom stereocenters. The molecule has 0 aliphatic heterocycles. The van der Waals surface area contributed by atoms with Crippen molar-refractivity contribution in [2.45, 2.75) is 5.16 Å². The molecule has 0 radical (unpaired) electrons. The van der Waals surface area contributed by atoms with E-state index in [-0.39, 0.29) is 11.5 Å². The molecule has 0 spiro atoms. The van der Waals surface area contributed by atoms with Gasteiger partial charge in [0.05, 0.1) is 18.6 Å². The number of carbonyl (C=O) groups is 1. The lowest BCUT2D eigenvalue weighted by Gasteiger charge is -2.05. The number of hydrogen-bond acceptors (Lipinski definition) is 6. The van der Waals surface area contributed by atoms with Crippen molar-refractivity contribution < 1.29 is 9.53 Å². The van der Waals surface area contributed by atoms with Crippen LogP contribution in [0.1, 0.15) is 10.4 Å². The van der Waals surface area contributed by atoms with Gasteiger partial charge >= 0.3 is 0 Å². The van der Waals surface area contributed by atoms with Gasteiger partial charge in [-0.2, -0.15) is 9.61 Å². The largest absolute Gasteiger partial charge is 0.497 e. The van der Waals surface area contributed by atoms with Gasteiger partial charge in [0.25, 0.3) is 0 Å². The highest BCUT2D eigenvalue weighted by Crippen LogP contribution is 2.24. The van der Waals surface area contributed by atoms with Crippen LogP contribution in [0.5, 0.6) is 5.75 Å². The van der Waals surface area contributed by atoms with Crippen LogP contribution < -0.4 is 4.74 Å². The first-order valence-corrected chi connectivity index (χ1v) is 9.79. The number of rotatable bonds is 6. The lowest BCUT2D eigenvalue weighted by Crippen LogP contribution is -2.03. The van der Waals surface area contributed by atoms with Crippen LogP contribution in [0.4, 0.5) is 0 Å². The van der Waals surface area contributed by atoms with Crippen molar-refractivity contribution in [1.29, 1.82) is 0 Å². The van der Waals surface area contributed by atoms with E-state index >= 15 is 0 Å². The number of thioether (sulfide) groups is 1. The van der Waals surface area contributed by atoms with Crippen LogP contribution in [-0.4, -0.2) is 38.5 Å². The molecular formula is C20H15ClN4O2S. The van der Waals surface area contributed by atoms with Gasteiger partial charge in [-0.1, -0.05) is 35.5 Å². The first-order valence-electron chi connectivity index (χ1n) is 8.42.